The zero-order chi connectivity index (χ0) is 34.1. The van der Waals surface area contributed by atoms with E-state index in [1.54, 1.807) is 0 Å². The summed E-state index contributed by atoms with van der Waals surface area (Å²) in [7, 11) is -14.5. The van der Waals surface area contributed by atoms with Crippen molar-refractivity contribution in [3.8, 4) is 0 Å². The lowest BCUT2D eigenvalue weighted by atomic mass is 10.1. The maximum absolute atomic E-state index is 13.3. The zero-order valence-electron chi connectivity index (χ0n) is 24.0. The molecule has 1 saturated heterocycles. The minimum atomic E-state index is -5.31. The molecule has 7 N–H and O–H groups in total. The number of hydrogen-bond acceptors (Lipinski definition) is 16. The van der Waals surface area contributed by atoms with Crippen molar-refractivity contribution >= 4 is 42.7 Å². The van der Waals surface area contributed by atoms with Crippen LogP contribution < -0.4 is 10.5 Å². The summed E-state index contributed by atoms with van der Waals surface area (Å²) < 4.78 is 87.0. The Morgan fingerprint density at radius 3 is 2.62 bits per heavy atom. The monoisotopic (exact) mass is 723 g/mol. The molecule has 5 rings (SSSR count). The number of sulfonamides is 1. The molecule has 256 valence electrons. The summed E-state index contributed by atoms with van der Waals surface area (Å²) in [5, 5.41) is 28.3. The van der Waals surface area contributed by atoms with E-state index in [0.29, 0.717) is 0 Å². The molecule has 3 aromatic heterocycles. The maximum Gasteiger partial charge on any atom is 0.481 e. The molecule has 0 amide bonds. The van der Waals surface area contributed by atoms with Crippen LogP contribution in [0.3, 0.4) is 0 Å². The number of phosphoric ester groups is 2. The van der Waals surface area contributed by atoms with Crippen LogP contribution in [0.1, 0.15) is 17.5 Å². The second-order valence-corrected chi connectivity index (χ2v) is 14.8. The molecule has 25 heteroatoms. The quantitative estimate of drug-likeness (QED) is 0.0893. The maximum atomic E-state index is 13.3. The van der Waals surface area contributed by atoms with Gasteiger partial charge in [-0.1, -0.05) is 5.21 Å². The van der Waals surface area contributed by atoms with E-state index in [2.05, 4.69) is 34.3 Å². The number of nitrogens with two attached hydrogens (primary N) is 1. The number of ether oxygens (including phenoxy) is 1. The molecule has 1 fully saturated rings. The Balaban J connectivity index is 1.09. The molecule has 21 nitrogen and oxygen atoms in total. The van der Waals surface area contributed by atoms with Crippen molar-refractivity contribution in [3.63, 3.8) is 0 Å². The number of rotatable bonds is 14. The summed E-state index contributed by atoms with van der Waals surface area (Å²) in [6.07, 6.45) is -2.26. The minimum absolute atomic E-state index is 0.0249. The first-order chi connectivity index (χ1) is 22.1. The van der Waals surface area contributed by atoms with Crippen LogP contribution in [0.5, 0.6) is 0 Å². The van der Waals surface area contributed by atoms with Crippen LogP contribution in [0.2, 0.25) is 0 Å². The Hall–Kier alpha value is -3.31. The number of aryl methyl sites for hydroxylation is 1. The third-order valence-corrected chi connectivity index (χ3v) is 10.8. The Labute approximate surface area is 264 Å². The number of nitrogens with one attached hydrogen (secondary N) is 1. The summed E-state index contributed by atoms with van der Waals surface area (Å²) in [5.41, 5.74) is 6.31. The highest BCUT2D eigenvalue weighted by Crippen LogP contribution is 2.60. The number of aliphatic hydroxyl groups is 2. The number of phosphoric acid groups is 2. The molecule has 0 aliphatic carbocycles. The number of aliphatic hydroxyl groups excluding tert-OH is 2. The van der Waals surface area contributed by atoms with Gasteiger partial charge in [0.25, 0.3) is 0 Å². The van der Waals surface area contributed by atoms with Crippen molar-refractivity contribution in [1.82, 2.24) is 39.2 Å². The molecule has 0 spiro atoms. The van der Waals surface area contributed by atoms with E-state index < -0.39 is 69.2 Å². The fourth-order valence-electron chi connectivity index (χ4n) is 4.45. The Bertz CT molecular complexity index is 1960. The molecule has 6 atom stereocenters. The highest BCUT2D eigenvalue weighted by Gasteiger charge is 2.46. The van der Waals surface area contributed by atoms with E-state index in [1.807, 2.05) is 0 Å². The van der Waals surface area contributed by atoms with Gasteiger partial charge in [0.05, 0.1) is 30.6 Å². The van der Waals surface area contributed by atoms with Crippen LogP contribution in [0.4, 0.5) is 10.2 Å². The van der Waals surface area contributed by atoms with E-state index in [9.17, 15) is 41.9 Å². The van der Waals surface area contributed by atoms with Crippen LogP contribution >= 0.6 is 15.6 Å². The van der Waals surface area contributed by atoms with Gasteiger partial charge in [0.2, 0.25) is 10.0 Å². The molecule has 0 radical (unpaired) electrons. The van der Waals surface area contributed by atoms with E-state index in [-0.39, 0.29) is 46.2 Å². The normalized spacial score (nSPS) is 22.8. The van der Waals surface area contributed by atoms with Crippen LogP contribution in [0.25, 0.3) is 11.2 Å². The van der Waals surface area contributed by atoms with Gasteiger partial charge in [-0.15, -0.1) is 5.10 Å². The Morgan fingerprint density at radius 2 is 1.87 bits per heavy atom. The van der Waals surface area contributed by atoms with Gasteiger partial charge in [-0.2, -0.15) is 4.31 Å². The average Bonchev–Trinajstić information content (AvgIpc) is 3.69. The van der Waals surface area contributed by atoms with E-state index >= 15 is 0 Å². The highest BCUT2D eigenvalue weighted by atomic mass is 32.2. The van der Waals surface area contributed by atoms with Crippen LogP contribution in [-0.4, -0.2) is 94.4 Å². The summed E-state index contributed by atoms with van der Waals surface area (Å²) in [4.78, 5) is 31.7. The number of nitrogens with zero attached hydrogens (tertiary/aromatic N) is 7. The van der Waals surface area contributed by atoms with Crippen molar-refractivity contribution in [3.05, 3.63) is 54.1 Å². The van der Waals surface area contributed by atoms with Gasteiger partial charge in [0, 0.05) is 6.54 Å². The number of fused-ring (bicyclic) bond motifs is 1. The minimum Gasteiger partial charge on any atom is -0.387 e. The first-order valence-electron chi connectivity index (χ1n) is 13.3. The van der Waals surface area contributed by atoms with Gasteiger partial charge in [-0.05, 0) is 30.7 Å². The Morgan fingerprint density at radius 1 is 1.13 bits per heavy atom. The van der Waals surface area contributed by atoms with E-state index in [1.165, 1.54) is 28.7 Å². The first kappa shape index (κ1) is 35.0. The lowest BCUT2D eigenvalue weighted by Crippen LogP contribution is -2.33. The van der Waals surface area contributed by atoms with Crippen molar-refractivity contribution in [2.24, 2.45) is 0 Å². The van der Waals surface area contributed by atoms with Crippen molar-refractivity contribution < 1.29 is 60.0 Å². The fourth-order valence-corrected chi connectivity index (χ4v) is 7.74. The molecule has 2 unspecified atom stereocenters. The summed E-state index contributed by atoms with van der Waals surface area (Å²) in [5.74, 6) is -0.525. The van der Waals surface area contributed by atoms with Crippen molar-refractivity contribution in [2.45, 2.75) is 49.5 Å². The van der Waals surface area contributed by atoms with Gasteiger partial charge in [0.1, 0.15) is 48.3 Å². The molecule has 1 aliphatic heterocycles. The Kier molecular flexibility index (Phi) is 10.2. The summed E-state index contributed by atoms with van der Waals surface area (Å²) in [6.45, 7) is -0.317. The van der Waals surface area contributed by atoms with E-state index in [0.717, 1.165) is 24.5 Å². The second-order valence-electron chi connectivity index (χ2n) is 10.00. The largest absolute Gasteiger partial charge is 0.481 e. The standard InChI is InChI=1S/C22H28FN9O12P2S/c1-12-6-13(23)2-3-16(12)47(39,40)28-4-5-31-7-14(29-30-31)8-41-45(35,36)44-46(37,38)42-9-15-18(33)19(34)22(43-15)32-11-27-17-20(24)25-10-26-21(17)32/h2-3,6-7,10-11,15,18-19,22,28,33-34H,4-5,8-9H2,1H3,(H,35,36)(H,37,38)(H2,24,25,26)/t15-,18-,19-,22-/m1/s1. The number of hydrogen-bond donors (Lipinski definition) is 6. The number of imidazole rings is 1. The number of aromatic nitrogens is 7. The van der Waals surface area contributed by atoms with Gasteiger partial charge in [0.15, 0.2) is 17.7 Å². The summed E-state index contributed by atoms with van der Waals surface area (Å²) in [6, 6.07) is 3.23. The van der Waals surface area contributed by atoms with Gasteiger partial charge < -0.3 is 30.5 Å². The summed E-state index contributed by atoms with van der Waals surface area (Å²) >= 11 is 0. The van der Waals surface area contributed by atoms with Gasteiger partial charge in [-0.25, -0.2) is 41.6 Å². The molecule has 1 aliphatic rings. The van der Waals surface area contributed by atoms with Crippen LogP contribution in [-0.2, 0) is 50.4 Å². The number of halogens is 1. The van der Waals surface area contributed by atoms with Crippen LogP contribution in [0, 0.1) is 12.7 Å². The third-order valence-electron chi connectivity index (χ3n) is 6.63. The SMILES string of the molecule is Cc1cc(F)ccc1S(=O)(=O)NCCn1cc(COP(=O)(O)OP(=O)(O)OC[C@H]2O[C@@H](n3cnc4c(N)ncnc43)[C@H](O)[C@@H]2O)nn1. The smallest absolute Gasteiger partial charge is 0.387 e. The molecule has 0 bridgehead atoms. The van der Waals surface area contributed by atoms with Crippen molar-refractivity contribution in [1.29, 1.82) is 0 Å². The zero-order valence-corrected chi connectivity index (χ0v) is 26.7. The third kappa shape index (κ3) is 8.23. The number of anilines is 1. The fraction of sp³-hybridized carbons (Fsp3) is 0.409. The van der Waals surface area contributed by atoms with E-state index in [4.69, 9.17) is 19.5 Å². The molecule has 0 saturated carbocycles. The molecule has 47 heavy (non-hydrogen) atoms. The highest BCUT2D eigenvalue weighted by molar-refractivity contribution is 7.89. The molecular weight excluding hydrogens is 695 g/mol. The lowest BCUT2D eigenvalue weighted by Gasteiger charge is -2.19. The lowest BCUT2D eigenvalue weighted by molar-refractivity contribution is -0.0504. The molecule has 4 aromatic rings. The van der Waals surface area contributed by atoms with Crippen molar-refractivity contribution in [2.75, 3.05) is 18.9 Å². The van der Waals surface area contributed by atoms with Crippen LogP contribution in [0.15, 0.2) is 41.9 Å². The first-order valence-corrected chi connectivity index (χ1v) is 17.8. The molecule has 4 heterocycles. The van der Waals surface area contributed by atoms with Gasteiger partial charge >= 0.3 is 15.6 Å². The number of benzene rings is 1. The predicted molar refractivity (Wildman–Crippen MR) is 153 cm³/mol. The topological polar surface area (TPSA) is 298 Å². The molecule has 1 aromatic carbocycles. The molecular formula is C22H28FN9O12P2S. The van der Waals surface area contributed by atoms with Gasteiger partial charge in [-0.3, -0.25) is 18.3 Å². The average molecular weight is 724 g/mol. The second kappa shape index (κ2) is 13.7. The number of nitrogen functional groups attached to an aromatic ring is 1. The predicted octanol–water partition coefficient (Wildman–Crippen LogP) is -0.504.